The van der Waals surface area contributed by atoms with Crippen LogP contribution in [0.1, 0.15) is 29.3 Å². The summed E-state index contributed by atoms with van der Waals surface area (Å²) in [5.74, 6) is 1.61. The van der Waals surface area contributed by atoms with E-state index in [4.69, 9.17) is 9.15 Å². The van der Waals surface area contributed by atoms with Crippen LogP contribution in [0.15, 0.2) is 21.0 Å². The Kier molecular flexibility index (Phi) is 4.66. The van der Waals surface area contributed by atoms with Gasteiger partial charge in [-0.15, -0.1) is 16.4 Å². The molecule has 1 aliphatic heterocycles. The molecule has 1 amide bonds. The van der Waals surface area contributed by atoms with Gasteiger partial charge in [0.25, 0.3) is 0 Å². The van der Waals surface area contributed by atoms with E-state index in [1.807, 2.05) is 25.3 Å². The van der Waals surface area contributed by atoms with Crippen LogP contribution in [-0.2, 0) is 16.1 Å². The van der Waals surface area contributed by atoms with Gasteiger partial charge < -0.3 is 14.5 Å². The molecule has 0 radical (unpaired) electrons. The Bertz CT molecular complexity index is 897. The third-order valence-corrected chi connectivity index (χ3v) is 4.20. The fourth-order valence-electron chi connectivity index (χ4n) is 2.24. The molecular formula is C16H18N4O3S. The number of amides is 1. The molecule has 0 saturated carbocycles. The van der Waals surface area contributed by atoms with Gasteiger partial charge >= 0.3 is 0 Å². The number of carbonyl (C=O) groups excluding carboxylic acids is 1. The summed E-state index contributed by atoms with van der Waals surface area (Å²) in [6.07, 6.45) is 0.695. The summed E-state index contributed by atoms with van der Waals surface area (Å²) in [5, 5.41) is 10.6. The topological polar surface area (TPSA) is 88.8 Å². The van der Waals surface area contributed by atoms with Crippen molar-refractivity contribution in [3.8, 4) is 0 Å². The summed E-state index contributed by atoms with van der Waals surface area (Å²) in [5.41, 5.74) is 4.19. The maximum Gasteiger partial charge on any atom is 0.226 e. The van der Waals surface area contributed by atoms with Crippen LogP contribution < -0.4 is 21.4 Å². The van der Waals surface area contributed by atoms with E-state index in [-0.39, 0.29) is 5.91 Å². The van der Waals surface area contributed by atoms with Crippen molar-refractivity contribution in [2.75, 3.05) is 0 Å². The van der Waals surface area contributed by atoms with Crippen molar-refractivity contribution < 1.29 is 13.9 Å². The molecule has 3 heterocycles. The van der Waals surface area contributed by atoms with Gasteiger partial charge in [0.1, 0.15) is 11.2 Å². The lowest BCUT2D eigenvalue weighted by Crippen LogP contribution is -2.25. The highest BCUT2D eigenvalue weighted by molar-refractivity contribution is 7.09. The van der Waals surface area contributed by atoms with Gasteiger partial charge in [0.2, 0.25) is 17.7 Å². The minimum Gasteiger partial charge on any atom is -0.462 e. The molecule has 7 nitrogen and oxygen atoms in total. The zero-order valence-electron chi connectivity index (χ0n) is 13.5. The molecule has 0 atom stereocenters. The first-order valence-electron chi connectivity index (χ1n) is 7.49. The molecule has 0 aromatic carbocycles. The predicted octanol–water partition coefficient (Wildman–Crippen LogP) is 0.859. The monoisotopic (exact) mass is 346 g/mol. The highest BCUT2D eigenvalue weighted by atomic mass is 32.1. The number of nitrogens with zero attached hydrogens (tertiary/aromatic N) is 2. The summed E-state index contributed by atoms with van der Waals surface area (Å²) < 4.78 is 11.0. The molecule has 0 aliphatic carbocycles. The maximum absolute atomic E-state index is 11.9. The van der Waals surface area contributed by atoms with Crippen LogP contribution in [0, 0.1) is 13.8 Å². The van der Waals surface area contributed by atoms with E-state index in [1.165, 1.54) is 0 Å². The third-order valence-electron chi connectivity index (χ3n) is 3.38. The van der Waals surface area contributed by atoms with Crippen molar-refractivity contribution in [2.45, 2.75) is 33.2 Å². The lowest BCUT2D eigenvalue weighted by molar-refractivity contribution is -0.121. The first-order chi connectivity index (χ1) is 11.5. The number of nitrogens with one attached hydrogen (secondary N) is 2. The molecule has 126 valence electrons. The van der Waals surface area contributed by atoms with E-state index in [0.717, 1.165) is 21.7 Å². The van der Waals surface area contributed by atoms with Gasteiger partial charge in [-0.2, -0.15) is 0 Å². The summed E-state index contributed by atoms with van der Waals surface area (Å²) in [7, 11) is 0. The number of carbonyl (C=O) groups is 1. The van der Waals surface area contributed by atoms with Gasteiger partial charge in [-0.1, -0.05) is 6.58 Å². The fraction of sp³-hybridized carbons (Fsp3) is 0.312. The lowest BCUT2D eigenvalue weighted by Gasteiger charge is -2.03. The van der Waals surface area contributed by atoms with Gasteiger partial charge in [0, 0.05) is 18.2 Å². The molecule has 2 aromatic rings. The van der Waals surface area contributed by atoms with E-state index < -0.39 is 0 Å². The number of thiazole rings is 1. The Hall–Kier alpha value is -2.61. The van der Waals surface area contributed by atoms with E-state index in [0.29, 0.717) is 36.6 Å². The van der Waals surface area contributed by atoms with E-state index >= 15 is 0 Å². The summed E-state index contributed by atoms with van der Waals surface area (Å²) in [6.45, 7) is 8.02. The van der Waals surface area contributed by atoms with Crippen molar-refractivity contribution >= 4 is 35.6 Å². The molecule has 2 aromatic heterocycles. The van der Waals surface area contributed by atoms with Crippen molar-refractivity contribution in [1.82, 2.24) is 15.7 Å². The van der Waals surface area contributed by atoms with Gasteiger partial charge in [0.15, 0.2) is 0 Å². The number of rotatable bonds is 5. The number of aryl methyl sites for hydroxylation is 2. The molecule has 0 spiro atoms. The van der Waals surface area contributed by atoms with Crippen molar-refractivity contribution in [2.24, 2.45) is 5.10 Å². The number of furan rings is 1. The van der Waals surface area contributed by atoms with Crippen LogP contribution in [0.4, 0.5) is 0 Å². The zero-order valence-corrected chi connectivity index (χ0v) is 14.3. The predicted molar refractivity (Wildman–Crippen MR) is 91.2 cm³/mol. The smallest absolute Gasteiger partial charge is 0.226 e. The highest BCUT2D eigenvalue weighted by Crippen LogP contribution is 2.09. The molecule has 24 heavy (non-hydrogen) atoms. The van der Waals surface area contributed by atoms with Crippen LogP contribution in [0.5, 0.6) is 0 Å². The third kappa shape index (κ3) is 3.83. The molecule has 0 unspecified atom stereocenters. The average Bonchev–Trinajstić information content (AvgIpc) is 3.23. The van der Waals surface area contributed by atoms with Crippen molar-refractivity contribution in [3.05, 3.63) is 38.5 Å². The Morgan fingerprint density at radius 1 is 1.46 bits per heavy atom. The summed E-state index contributed by atoms with van der Waals surface area (Å²) >= 11 is 1.57. The SMILES string of the molecule is C=c1oc(C)cc1=C1NN=C(CCC(=O)NCc2csc(C)n2)O1. The molecule has 1 aliphatic rings. The quantitative estimate of drug-likeness (QED) is 0.838. The van der Waals surface area contributed by atoms with Gasteiger partial charge in [-0.25, -0.2) is 10.4 Å². The van der Waals surface area contributed by atoms with Crippen LogP contribution in [0.25, 0.3) is 12.5 Å². The maximum atomic E-state index is 11.9. The number of ether oxygens (including phenoxy) is 1. The first kappa shape index (κ1) is 16.3. The Balaban J connectivity index is 1.49. The van der Waals surface area contributed by atoms with Crippen LogP contribution >= 0.6 is 11.3 Å². The summed E-state index contributed by atoms with van der Waals surface area (Å²) in [4.78, 5) is 16.2. The normalized spacial score (nSPS) is 15.7. The molecular weight excluding hydrogens is 328 g/mol. The van der Waals surface area contributed by atoms with Crippen LogP contribution in [0.2, 0.25) is 0 Å². The second-order valence-corrected chi connectivity index (χ2v) is 6.44. The Labute approximate surface area is 142 Å². The molecule has 0 fully saturated rings. The lowest BCUT2D eigenvalue weighted by atomic mass is 10.3. The number of hydrogen-bond donors (Lipinski definition) is 2. The Morgan fingerprint density at radius 3 is 2.96 bits per heavy atom. The van der Waals surface area contributed by atoms with E-state index in [9.17, 15) is 4.79 Å². The second-order valence-electron chi connectivity index (χ2n) is 5.38. The number of hydrazone groups is 1. The minimum atomic E-state index is -0.0718. The second kappa shape index (κ2) is 6.88. The minimum absolute atomic E-state index is 0.0718. The average molecular weight is 346 g/mol. The first-order valence-corrected chi connectivity index (χ1v) is 8.37. The fourth-order valence-corrected chi connectivity index (χ4v) is 2.85. The highest BCUT2D eigenvalue weighted by Gasteiger charge is 2.16. The van der Waals surface area contributed by atoms with Gasteiger partial charge in [-0.05, 0) is 19.9 Å². The molecule has 0 saturated heterocycles. The standard InChI is InChI=1S/C16H18N4O3S/c1-9-6-13(10(2)22-9)16-20-19-15(23-16)5-4-14(21)17-7-12-8-24-11(3)18-12/h6,8,20H,2,4-5,7H2,1,3H3,(H,17,21). The molecule has 0 bridgehead atoms. The molecule has 8 heteroatoms. The van der Waals surface area contributed by atoms with Gasteiger partial charge in [-0.3, -0.25) is 4.79 Å². The number of aromatic nitrogens is 1. The van der Waals surface area contributed by atoms with E-state index in [2.05, 4.69) is 27.4 Å². The molecule has 3 rings (SSSR count). The Morgan fingerprint density at radius 2 is 2.29 bits per heavy atom. The summed E-state index contributed by atoms with van der Waals surface area (Å²) in [6, 6.07) is 1.83. The van der Waals surface area contributed by atoms with Crippen LogP contribution in [-0.4, -0.2) is 16.8 Å². The van der Waals surface area contributed by atoms with E-state index in [1.54, 1.807) is 11.3 Å². The number of hydrogen-bond acceptors (Lipinski definition) is 7. The van der Waals surface area contributed by atoms with Crippen LogP contribution in [0.3, 0.4) is 0 Å². The van der Waals surface area contributed by atoms with Crippen molar-refractivity contribution in [1.29, 1.82) is 0 Å². The molecule has 2 N–H and O–H groups in total. The van der Waals surface area contributed by atoms with Gasteiger partial charge in [0.05, 0.1) is 22.5 Å². The zero-order chi connectivity index (χ0) is 17.1. The van der Waals surface area contributed by atoms with Crippen molar-refractivity contribution in [3.63, 3.8) is 0 Å². The largest absolute Gasteiger partial charge is 0.462 e.